The fourth-order valence-electron chi connectivity index (χ4n) is 2.33. The van der Waals surface area contributed by atoms with Crippen molar-refractivity contribution in [1.82, 2.24) is 9.97 Å². The molecule has 0 amide bonds. The lowest BCUT2D eigenvalue weighted by Gasteiger charge is -2.06. The molecule has 0 aliphatic heterocycles. The Balaban J connectivity index is 2.18. The molecule has 0 aliphatic carbocycles. The summed E-state index contributed by atoms with van der Waals surface area (Å²) in [7, 11) is 3.27. The number of aryl methyl sites for hydroxylation is 1. The first-order valence-electron chi connectivity index (χ1n) is 6.50. The van der Waals surface area contributed by atoms with Crippen molar-refractivity contribution < 1.29 is 9.47 Å². The number of benzene rings is 2. The third-order valence-corrected chi connectivity index (χ3v) is 3.82. The number of hydrogen-bond donors (Lipinski definition) is 1. The van der Waals surface area contributed by atoms with E-state index in [9.17, 15) is 0 Å². The van der Waals surface area contributed by atoms with Gasteiger partial charge in [0.1, 0.15) is 17.3 Å². The van der Waals surface area contributed by atoms with Gasteiger partial charge < -0.3 is 14.5 Å². The van der Waals surface area contributed by atoms with Gasteiger partial charge >= 0.3 is 0 Å². The lowest BCUT2D eigenvalue weighted by Crippen LogP contribution is -1.89. The Kier molecular flexibility index (Phi) is 3.59. The van der Waals surface area contributed by atoms with Crippen molar-refractivity contribution in [2.45, 2.75) is 6.92 Å². The molecule has 0 unspecified atom stereocenters. The fraction of sp³-hybridized carbons (Fsp3) is 0.188. The normalized spacial score (nSPS) is 10.9. The number of aromatic nitrogens is 2. The third kappa shape index (κ3) is 2.61. The van der Waals surface area contributed by atoms with E-state index in [4.69, 9.17) is 9.47 Å². The van der Waals surface area contributed by atoms with Crippen LogP contribution in [0.2, 0.25) is 0 Å². The number of imidazole rings is 1. The lowest BCUT2D eigenvalue weighted by molar-refractivity contribution is 0.394. The Morgan fingerprint density at radius 2 is 1.67 bits per heavy atom. The summed E-state index contributed by atoms with van der Waals surface area (Å²) in [5.41, 5.74) is 4.02. The minimum Gasteiger partial charge on any atom is -0.497 e. The van der Waals surface area contributed by atoms with Crippen molar-refractivity contribution in [3.05, 3.63) is 40.4 Å². The van der Waals surface area contributed by atoms with Gasteiger partial charge in [0.15, 0.2) is 0 Å². The van der Waals surface area contributed by atoms with E-state index in [1.165, 1.54) is 0 Å². The van der Waals surface area contributed by atoms with Gasteiger partial charge in [-0.15, -0.1) is 0 Å². The summed E-state index contributed by atoms with van der Waals surface area (Å²) in [4.78, 5) is 8.03. The van der Waals surface area contributed by atoms with Gasteiger partial charge in [-0.1, -0.05) is 15.9 Å². The van der Waals surface area contributed by atoms with Crippen molar-refractivity contribution in [1.29, 1.82) is 0 Å². The van der Waals surface area contributed by atoms with Gasteiger partial charge in [-0.2, -0.15) is 0 Å². The molecule has 1 heterocycles. The van der Waals surface area contributed by atoms with E-state index in [0.29, 0.717) is 0 Å². The third-order valence-electron chi connectivity index (χ3n) is 3.37. The van der Waals surface area contributed by atoms with Crippen LogP contribution >= 0.6 is 15.9 Å². The second kappa shape index (κ2) is 5.41. The largest absolute Gasteiger partial charge is 0.497 e. The molecule has 108 valence electrons. The van der Waals surface area contributed by atoms with Crippen molar-refractivity contribution in [3.8, 4) is 22.9 Å². The molecule has 0 spiro atoms. The monoisotopic (exact) mass is 346 g/mol. The molecule has 0 atom stereocenters. The van der Waals surface area contributed by atoms with Gasteiger partial charge in [0.05, 0.1) is 25.3 Å². The minimum atomic E-state index is 0.739. The molecule has 0 saturated carbocycles. The summed E-state index contributed by atoms with van der Waals surface area (Å²) in [5.74, 6) is 2.27. The van der Waals surface area contributed by atoms with Gasteiger partial charge in [-0.05, 0) is 36.8 Å². The molecule has 0 saturated heterocycles. The molecular formula is C16H15BrN2O2. The number of nitrogens with zero attached hydrogens (tertiary/aromatic N) is 1. The molecule has 1 N–H and O–H groups in total. The first-order valence-corrected chi connectivity index (χ1v) is 7.29. The number of rotatable bonds is 3. The molecule has 0 aliphatic rings. The lowest BCUT2D eigenvalue weighted by atomic mass is 10.2. The summed E-state index contributed by atoms with van der Waals surface area (Å²) in [6, 6.07) is 9.79. The zero-order chi connectivity index (χ0) is 15.0. The van der Waals surface area contributed by atoms with E-state index < -0.39 is 0 Å². The van der Waals surface area contributed by atoms with Crippen LogP contribution in [0.1, 0.15) is 5.56 Å². The van der Waals surface area contributed by atoms with Crippen LogP contribution in [-0.4, -0.2) is 24.2 Å². The average molecular weight is 347 g/mol. The zero-order valence-electron chi connectivity index (χ0n) is 12.0. The average Bonchev–Trinajstić information content (AvgIpc) is 2.91. The summed E-state index contributed by atoms with van der Waals surface area (Å²) in [5, 5.41) is 0. The highest BCUT2D eigenvalue weighted by Gasteiger charge is 2.10. The van der Waals surface area contributed by atoms with Crippen LogP contribution in [0.4, 0.5) is 0 Å². The number of halogens is 1. The van der Waals surface area contributed by atoms with E-state index in [-0.39, 0.29) is 0 Å². The van der Waals surface area contributed by atoms with Crippen LogP contribution in [0, 0.1) is 6.92 Å². The molecule has 0 bridgehead atoms. The van der Waals surface area contributed by atoms with Crippen molar-refractivity contribution in [2.24, 2.45) is 0 Å². The van der Waals surface area contributed by atoms with E-state index in [2.05, 4.69) is 32.0 Å². The molecular weight excluding hydrogens is 332 g/mol. The second-order valence-corrected chi connectivity index (χ2v) is 5.72. The van der Waals surface area contributed by atoms with Crippen LogP contribution in [0.3, 0.4) is 0 Å². The number of ether oxygens (including phenoxy) is 2. The highest BCUT2D eigenvalue weighted by Crippen LogP contribution is 2.31. The molecule has 0 fully saturated rings. The van der Waals surface area contributed by atoms with Crippen LogP contribution in [-0.2, 0) is 0 Å². The highest BCUT2D eigenvalue weighted by atomic mass is 79.9. The van der Waals surface area contributed by atoms with Gasteiger partial charge in [0, 0.05) is 16.1 Å². The highest BCUT2D eigenvalue weighted by molar-refractivity contribution is 9.10. The standard InChI is InChI=1S/C16H15BrN2O2/c1-9-4-11(17)7-14-15(9)19-16(18-14)10-5-12(20-2)8-13(6-10)21-3/h4-8H,1-3H3,(H,18,19). The van der Waals surface area contributed by atoms with Gasteiger partial charge in [0.2, 0.25) is 0 Å². The maximum Gasteiger partial charge on any atom is 0.138 e. The Bertz CT molecular complexity index is 789. The molecule has 21 heavy (non-hydrogen) atoms. The fourth-order valence-corrected chi connectivity index (χ4v) is 2.90. The smallest absolute Gasteiger partial charge is 0.138 e. The summed E-state index contributed by atoms with van der Waals surface area (Å²) < 4.78 is 11.6. The number of nitrogens with one attached hydrogen (secondary N) is 1. The maximum absolute atomic E-state index is 5.31. The second-order valence-electron chi connectivity index (χ2n) is 4.81. The number of methoxy groups -OCH3 is 2. The summed E-state index contributed by atoms with van der Waals surface area (Å²) >= 11 is 3.51. The molecule has 4 nitrogen and oxygen atoms in total. The molecule has 3 aromatic rings. The van der Waals surface area contributed by atoms with Gasteiger partial charge in [-0.25, -0.2) is 4.98 Å². The number of aromatic amines is 1. The number of fused-ring (bicyclic) bond motifs is 1. The summed E-state index contributed by atoms with van der Waals surface area (Å²) in [6.45, 7) is 2.05. The molecule has 1 aromatic heterocycles. The minimum absolute atomic E-state index is 0.739. The molecule has 2 aromatic carbocycles. The predicted molar refractivity (Wildman–Crippen MR) is 87.1 cm³/mol. The topological polar surface area (TPSA) is 47.1 Å². The summed E-state index contributed by atoms with van der Waals surface area (Å²) in [6.07, 6.45) is 0. The number of H-pyrrole nitrogens is 1. The van der Waals surface area contributed by atoms with Crippen LogP contribution in [0.5, 0.6) is 11.5 Å². The number of hydrogen-bond acceptors (Lipinski definition) is 3. The van der Waals surface area contributed by atoms with E-state index in [1.54, 1.807) is 14.2 Å². The zero-order valence-corrected chi connectivity index (χ0v) is 13.6. The van der Waals surface area contributed by atoms with Gasteiger partial charge in [-0.3, -0.25) is 0 Å². The Hall–Kier alpha value is -2.01. The Labute approximate surface area is 131 Å². The molecule has 5 heteroatoms. The van der Waals surface area contributed by atoms with Crippen molar-refractivity contribution in [3.63, 3.8) is 0 Å². The first-order chi connectivity index (χ1) is 10.1. The van der Waals surface area contributed by atoms with Crippen molar-refractivity contribution in [2.75, 3.05) is 14.2 Å². The van der Waals surface area contributed by atoms with Gasteiger partial charge in [0.25, 0.3) is 0 Å². The van der Waals surface area contributed by atoms with E-state index in [1.807, 2.05) is 31.2 Å². The maximum atomic E-state index is 5.31. The molecule has 0 radical (unpaired) electrons. The van der Waals surface area contributed by atoms with Crippen molar-refractivity contribution >= 4 is 27.0 Å². The quantitative estimate of drug-likeness (QED) is 0.768. The van der Waals surface area contributed by atoms with Crippen LogP contribution in [0.15, 0.2) is 34.8 Å². The molecule has 3 rings (SSSR count). The van der Waals surface area contributed by atoms with Crippen LogP contribution < -0.4 is 9.47 Å². The predicted octanol–water partition coefficient (Wildman–Crippen LogP) is 4.32. The van der Waals surface area contributed by atoms with E-state index >= 15 is 0 Å². The van der Waals surface area contributed by atoms with Crippen LogP contribution in [0.25, 0.3) is 22.4 Å². The van der Waals surface area contributed by atoms with E-state index in [0.717, 1.165) is 44.0 Å². The Morgan fingerprint density at radius 1 is 1.00 bits per heavy atom. The SMILES string of the molecule is COc1cc(OC)cc(-c2nc3c(C)cc(Br)cc3[nH]2)c1. The first kappa shape index (κ1) is 13.9. The Morgan fingerprint density at radius 3 is 2.29 bits per heavy atom.